The van der Waals surface area contributed by atoms with Crippen LogP contribution in [0, 0.1) is 18.6 Å². The summed E-state index contributed by atoms with van der Waals surface area (Å²) >= 11 is 5.77. The van der Waals surface area contributed by atoms with Crippen molar-refractivity contribution >= 4 is 33.0 Å². The Bertz CT molecular complexity index is 812. The molecule has 0 unspecified atom stereocenters. The molecule has 1 aromatic carbocycles. The van der Waals surface area contributed by atoms with E-state index in [4.69, 9.17) is 17.3 Å². The maximum atomic E-state index is 13.6. The molecule has 0 saturated carbocycles. The SMILES string of the molecule is Cc1cnc(Cl)c(NS(=O)(=O)c2cc(N)c(F)cc2F)c1. The Hall–Kier alpha value is -1.93. The molecular formula is C12H10ClF2N3O2S. The average Bonchev–Trinajstić information content (AvgIpc) is 2.37. The molecule has 9 heteroatoms. The van der Waals surface area contributed by atoms with Crippen LogP contribution in [0.2, 0.25) is 5.15 Å². The van der Waals surface area contributed by atoms with Gasteiger partial charge in [-0.25, -0.2) is 22.2 Å². The summed E-state index contributed by atoms with van der Waals surface area (Å²) in [6.07, 6.45) is 1.44. The second kappa shape index (κ2) is 5.45. The monoisotopic (exact) mass is 333 g/mol. The van der Waals surface area contributed by atoms with Crippen LogP contribution in [0.1, 0.15) is 5.56 Å². The van der Waals surface area contributed by atoms with E-state index >= 15 is 0 Å². The van der Waals surface area contributed by atoms with Crippen molar-refractivity contribution in [2.45, 2.75) is 11.8 Å². The lowest BCUT2D eigenvalue weighted by Crippen LogP contribution is -2.16. The lowest BCUT2D eigenvalue weighted by atomic mass is 10.3. The Morgan fingerprint density at radius 1 is 1.24 bits per heavy atom. The lowest BCUT2D eigenvalue weighted by molar-refractivity contribution is 0.553. The van der Waals surface area contributed by atoms with Crippen molar-refractivity contribution in [3.05, 3.63) is 46.7 Å². The van der Waals surface area contributed by atoms with E-state index < -0.39 is 32.2 Å². The van der Waals surface area contributed by atoms with E-state index in [2.05, 4.69) is 9.71 Å². The Labute approximate surface area is 124 Å². The van der Waals surface area contributed by atoms with Gasteiger partial charge in [0.2, 0.25) is 0 Å². The van der Waals surface area contributed by atoms with Crippen LogP contribution in [-0.2, 0) is 10.0 Å². The molecule has 2 rings (SSSR count). The summed E-state index contributed by atoms with van der Waals surface area (Å²) in [5, 5.41) is -0.0975. The van der Waals surface area contributed by atoms with Gasteiger partial charge >= 0.3 is 0 Å². The molecule has 0 saturated heterocycles. The fourth-order valence-electron chi connectivity index (χ4n) is 1.57. The van der Waals surface area contributed by atoms with Crippen LogP contribution in [0.4, 0.5) is 20.2 Å². The van der Waals surface area contributed by atoms with Gasteiger partial charge in [0.05, 0.1) is 11.4 Å². The minimum Gasteiger partial charge on any atom is -0.396 e. The summed E-state index contributed by atoms with van der Waals surface area (Å²) in [7, 11) is -4.32. The molecule has 0 aliphatic carbocycles. The predicted octanol–water partition coefficient (Wildman–Crippen LogP) is 2.70. The Morgan fingerprint density at radius 3 is 2.57 bits per heavy atom. The third-order valence-corrected chi connectivity index (χ3v) is 4.24. The first kappa shape index (κ1) is 15.5. The molecular weight excluding hydrogens is 324 g/mol. The van der Waals surface area contributed by atoms with Crippen molar-refractivity contribution in [1.82, 2.24) is 4.98 Å². The topological polar surface area (TPSA) is 85.1 Å². The molecule has 3 N–H and O–H groups in total. The van der Waals surface area contributed by atoms with Crippen molar-refractivity contribution in [3.63, 3.8) is 0 Å². The van der Waals surface area contributed by atoms with Gasteiger partial charge in [-0.2, -0.15) is 0 Å². The zero-order chi connectivity index (χ0) is 15.8. The number of sulfonamides is 1. The predicted molar refractivity (Wildman–Crippen MR) is 75.6 cm³/mol. The number of pyridine rings is 1. The van der Waals surface area contributed by atoms with E-state index in [9.17, 15) is 17.2 Å². The van der Waals surface area contributed by atoms with Crippen molar-refractivity contribution in [2.24, 2.45) is 0 Å². The average molecular weight is 334 g/mol. The highest BCUT2D eigenvalue weighted by molar-refractivity contribution is 7.92. The molecule has 0 aliphatic heterocycles. The van der Waals surface area contributed by atoms with E-state index in [0.717, 1.165) is 0 Å². The third-order valence-electron chi connectivity index (χ3n) is 2.56. The number of aromatic nitrogens is 1. The minimum atomic E-state index is -4.32. The van der Waals surface area contributed by atoms with Gasteiger partial charge < -0.3 is 5.73 Å². The molecule has 112 valence electrons. The molecule has 0 fully saturated rings. The summed E-state index contributed by atoms with van der Waals surface area (Å²) < 4.78 is 53.1. The lowest BCUT2D eigenvalue weighted by Gasteiger charge is -2.11. The number of hydrogen-bond donors (Lipinski definition) is 2. The van der Waals surface area contributed by atoms with E-state index in [1.165, 1.54) is 12.3 Å². The Kier molecular flexibility index (Phi) is 4.02. The van der Waals surface area contributed by atoms with Gasteiger partial charge in [0.25, 0.3) is 10.0 Å². The number of nitrogens with zero attached hydrogens (tertiary/aromatic N) is 1. The van der Waals surface area contributed by atoms with Gasteiger partial charge in [-0.05, 0) is 24.6 Å². The maximum absolute atomic E-state index is 13.6. The number of nitrogens with one attached hydrogen (secondary N) is 1. The second-order valence-corrected chi connectivity index (χ2v) is 6.27. The number of halogens is 3. The Balaban J connectivity index is 2.48. The van der Waals surface area contributed by atoms with Gasteiger partial charge in [0, 0.05) is 12.3 Å². The summed E-state index contributed by atoms with van der Waals surface area (Å²) in [5.41, 5.74) is 5.41. The van der Waals surface area contributed by atoms with Gasteiger partial charge in [-0.3, -0.25) is 4.72 Å². The second-order valence-electron chi connectivity index (χ2n) is 4.26. The van der Waals surface area contributed by atoms with Crippen LogP contribution in [0.5, 0.6) is 0 Å². The van der Waals surface area contributed by atoms with E-state index in [1.807, 2.05) is 0 Å². The zero-order valence-electron chi connectivity index (χ0n) is 10.7. The molecule has 0 amide bonds. The van der Waals surface area contributed by atoms with Crippen molar-refractivity contribution < 1.29 is 17.2 Å². The van der Waals surface area contributed by atoms with E-state index in [1.54, 1.807) is 6.92 Å². The number of aryl methyl sites for hydroxylation is 1. The number of benzene rings is 1. The molecule has 0 radical (unpaired) electrons. The first-order valence-electron chi connectivity index (χ1n) is 5.60. The van der Waals surface area contributed by atoms with Crippen LogP contribution in [0.3, 0.4) is 0 Å². The minimum absolute atomic E-state index is 0.0148. The van der Waals surface area contributed by atoms with Crippen LogP contribution >= 0.6 is 11.6 Å². The number of nitrogen functional groups attached to an aromatic ring is 1. The first-order valence-corrected chi connectivity index (χ1v) is 7.46. The highest BCUT2D eigenvalue weighted by atomic mass is 35.5. The highest BCUT2D eigenvalue weighted by Crippen LogP contribution is 2.26. The molecule has 0 atom stereocenters. The van der Waals surface area contributed by atoms with Gasteiger partial charge in [-0.1, -0.05) is 11.6 Å². The summed E-state index contributed by atoms with van der Waals surface area (Å²) in [5.74, 6) is -2.30. The molecule has 21 heavy (non-hydrogen) atoms. The van der Waals surface area contributed by atoms with Crippen molar-refractivity contribution in [3.8, 4) is 0 Å². The fourth-order valence-corrected chi connectivity index (χ4v) is 2.93. The van der Waals surface area contributed by atoms with E-state index in [0.29, 0.717) is 17.7 Å². The highest BCUT2D eigenvalue weighted by Gasteiger charge is 2.22. The van der Waals surface area contributed by atoms with Gasteiger partial charge in [-0.15, -0.1) is 0 Å². The molecule has 2 aromatic rings. The first-order chi connectivity index (χ1) is 9.70. The van der Waals surface area contributed by atoms with Gasteiger partial charge in [0.15, 0.2) is 5.15 Å². The van der Waals surface area contributed by atoms with Crippen LogP contribution < -0.4 is 10.5 Å². The van der Waals surface area contributed by atoms with Crippen molar-refractivity contribution in [2.75, 3.05) is 10.5 Å². The maximum Gasteiger partial charge on any atom is 0.264 e. The summed E-state index contributed by atoms with van der Waals surface area (Å²) in [6, 6.07) is 2.53. The molecule has 0 spiro atoms. The van der Waals surface area contributed by atoms with E-state index in [-0.39, 0.29) is 10.8 Å². The van der Waals surface area contributed by atoms with Crippen LogP contribution in [0.25, 0.3) is 0 Å². The Morgan fingerprint density at radius 2 is 1.90 bits per heavy atom. The standard InChI is InChI=1S/C12H10ClF2N3O2S/c1-6-2-10(12(13)17-5-6)18-21(19,20)11-4-9(16)7(14)3-8(11)15/h2-5,18H,16H2,1H3. The molecule has 1 aromatic heterocycles. The fraction of sp³-hybridized carbons (Fsp3) is 0.0833. The van der Waals surface area contributed by atoms with Crippen LogP contribution in [-0.4, -0.2) is 13.4 Å². The number of nitrogens with two attached hydrogens (primary N) is 1. The normalized spacial score (nSPS) is 11.4. The molecule has 0 bridgehead atoms. The molecule has 1 heterocycles. The van der Waals surface area contributed by atoms with Gasteiger partial charge in [0.1, 0.15) is 16.5 Å². The summed E-state index contributed by atoms with van der Waals surface area (Å²) in [6.45, 7) is 1.68. The summed E-state index contributed by atoms with van der Waals surface area (Å²) in [4.78, 5) is 2.99. The smallest absolute Gasteiger partial charge is 0.264 e. The van der Waals surface area contributed by atoms with Crippen LogP contribution in [0.15, 0.2) is 29.3 Å². The quantitative estimate of drug-likeness (QED) is 0.668. The third kappa shape index (κ3) is 3.22. The largest absolute Gasteiger partial charge is 0.396 e. The number of rotatable bonds is 3. The zero-order valence-corrected chi connectivity index (χ0v) is 12.3. The molecule has 5 nitrogen and oxygen atoms in total. The number of anilines is 2. The van der Waals surface area contributed by atoms with Crippen molar-refractivity contribution in [1.29, 1.82) is 0 Å². The number of hydrogen-bond acceptors (Lipinski definition) is 4. The molecule has 0 aliphatic rings.